The lowest BCUT2D eigenvalue weighted by Crippen LogP contribution is -2.13. The second kappa shape index (κ2) is 12.4. The van der Waals surface area contributed by atoms with Crippen molar-refractivity contribution in [2.45, 2.75) is 46.0 Å². The van der Waals surface area contributed by atoms with Crippen LogP contribution in [0, 0.1) is 6.92 Å². The number of methoxy groups -OCH3 is 1. The molecular weight excluding hydrogens is 444 g/mol. The number of nitrogens with two attached hydrogens (primary N) is 1. The van der Waals surface area contributed by atoms with Crippen molar-refractivity contribution in [1.82, 2.24) is 9.97 Å². The summed E-state index contributed by atoms with van der Waals surface area (Å²) in [5, 5.41) is 3.35. The highest BCUT2D eigenvalue weighted by atomic mass is 32.2. The topological polar surface area (TPSA) is 134 Å². The molecule has 1 aromatic carbocycles. The average molecular weight is 479 g/mol. The highest BCUT2D eigenvalue weighted by Crippen LogP contribution is 2.28. The Balaban J connectivity index is 2.10. The summed E-state index contributed by atoms with van der Waals surface area (Å²) in [5.41, 5.74) is 9.26. The standard InChI is InChI=1S/C23H34N4O5S/c1-5-6-10-25-22-19(16(2)26-23(24)27-22)15-18-9-8-17(13-20(18)31-3)14-21(28)32-11-7-12-33(4,29)30/h8-9,13H,5-7,10-12,14-15H2,1-4H3,(H3,24,25,26,27). The molecule has 33 heavy (non-hydrogen) atoms. The molecule has 0 saturated carbocycles. The molecule has 2 aromatic rings. The van der Waals surface area contributed by atoms with Crippen molar-refractivity contribution in [2.75, 3.05) is 43.3 Å². The monoisotopic (exact) mass is 478 g/mol. The van der Waals surface area contributed by atoms with Crippen molar-refractivity contribution in [3.8, 4) is 5.75 Å². The number of nitrogen functional groups attached to an aromatic ring is 1. The van der Waals surface area contributed by atoms with Gasteiger partial charge in [0.25, 0.3) is 0 Å². The number of carbonyl (C=O) groups excluding carboxylic acids is 1. The van der Waals surface area contributed by atoms with E-state index in [1.807, 2.05) is 25.1 Å². The Labute approximate surface area is 196 Å². The fourth-order valence-corrected chi connectivity index (χ4v) is 3.96. The van der Waals surface area contributed by atoms with Gasteiger partial charge in [-0.05, 0) is 37.0 Å². The number of anilines is 2. The van der Waals surface area contributed by atoms with Crippen LogP contribution < -0.4 is 15.8 Å². The number of unbranched alkanes of at least 4 members (excludes halogenated alkanes) is 1. The Kier molecular flexibility index (Phi) is 9.90. The maximum absolute atomic E-state index is 12.1. The van der Waals surface area contributed by atoms with E-state index in [0.29, 0.717) is 12.2 Å². The van der Waals surface area contributed by atoms with Crippen molar-refractivity contribution in [1.29, 1.82) is 0 Å². The molecule has 0 spiro atoms. The summed E-state index contributed by atoms with van der Waals surface area (Å²) in [7, 11) is -1.48. The predicted molar refractivity (Wildman–Crippen MR) is 129 cm³/mol. The van der Waals surface area contributed by atoms with Gasteiger partial charge in [-0.25, -0.2) is 13.4 Å². The minimum absolute atomic E-state index is 0.00758. The Bertz CT molecular complexity index is 1060. The van der Waals surface area contributed by atoms with Crippen molar-refractivity contribution < 1.29 is 22.7 Å². The number of ether oxygens (including phenoxy) is 2. The Morgan fingerprint density at radius 1 is 1.21 bits per heavy atom. The molecule has 10 heteroatoms. The maximum atomic E-state index is 12.1. The predicted octanol–water partition coefficient (Wildman–Crippen LogP) is 2.70. The number of hydrogen-bond acceptors (Lipinski definition) is 9. The van der Waals surface area contributed by atoms with Crippen LogP contribution in [-0.4, -0.2) is 56.6 Å². The normalized spacial score (nSPS) is 11.3. The highest BCUT2D eigenvalue weighted by molar-refractivity contribution is 7.90. The number of nitrogens with zero attached hydrogens (tertiary/aromatic N) is 2. The average Bonchev–Trinajstić information content (AvgIpc) is 2.73. The summed E-state index contributed by atoms with van der Waals surface area (Å²) < 4.78 is 33.0. The lowest BCUT2D eigenvalue weighted by Gasteiger charge is -2.16. The Hall–Kier alpha value is -2.88. The third-order valence-corrected chi connectivity index (χ3v) is 6.07. The van der Waals surface area contributed by atoms with E-state index in [4.69, 9.17) is 15.2 Å². The molecule has 0 fully saturated rings. The first-order valence-electron chi connectivity index (χ1n) is 11.0. The lowest BCUT2D eigenvalue weighted by atomic mass is 10.0. The van der Waals surface area contributed by atoms with Gasteiger partial charge >= 0.3 is 5.97 Å². The molecule has 3 N–H and O–H groups in total. The first kappa shape index (κ1) is 26.4. The van der Waals surface area contributed by atoms with Crippen LogP contribution in [0.4, 0.5) is 11.8 Å². The van der Waals surface area contributed by atoms with Gasteiger partial charge in [-0.15, -0.1) is 0 Å². The molecule has 0 atom stereocenters. The summed E-state index contributed by atoms with van der Waals surface area (Å²) in [6.07, 6.45) is 4.14. The Morgan fingerprint density at radius 2 is 1.97 bits per heavy atom. The van der Waals surface area contributed by atoms with Crippen LogP contribution in [0.25, 0.3) is 0 Å². The molecule has 182 valence electrons. The number of rotatable bonds is 13. The van der Waals surface area contributed by atoms with Gasteiger partial charge in [0.1, 0.15) is 21.4 Å². The molecule has 0 bridgehead atoms. The number of benzene rings is 1. The second-order valence-corrected chi connectivity index (χ2v) is 10.2. The highest BCUT2D eigenvalue weighted by Gasteiger charge is 2.15. The zero-order chi connectivity index (χ0) is 24.4. The van der Waals surface area contributed by atoms with Gasteiger partial charge in [0.05, 0.1) is 25.9 Å². The smallest absolute Gasteiger partial charge is 0.310 e. The molecule has 9 nitrogen and oxygen atoms in total. The molecule has 1 heterocycles. The van der Waals surface area contributed by atoms with Crippen molar-refractivity contribution in [3.63, 3.8) is 0 Å². The van der Waals surface area contributed by atoms with E-state index in [1.54, 1.807) is 7.11 Å². The van der Waals surface area contributed by atoms with E-state index in [0.717, 1.165) is 53.8 Å². The molecular formula is C23H34N4O5S. The molecule has 0 aliphatic carbocycles. The molecule has 0 aliphatic heterocycles. The van der Waals surface area contributed by atoms with Gasteiger partial charge in [-0.1, -0.05) is 25.5 Å². The van der Waals surface area contributed by atoms with Crippen molar-refractivity contribution >= 4 is 27.6 Å². The van der Waals surface area contributed by atoms with Gasteiger partial charge < -0.3 is 20.5 Å². The summed E-state index contributed by atoms with van der Waals surface area (Å²) >= 11 is 0. The molecule has 0 amide bonds. The van der Waals surface area contributed by atoms with Crippen LogP contribution in [-0.2, 0) is 32.2 Å². The van der Waals surface area contributed by atoms with Gasteiger partial charge in [-0.2, -0.15) is 4.98 Å². The summed E-state index contributed by atoms with van der Waals surface area (Å²) in [6.45, 7) is 4.89. The number of sulfone groups is 1. The first-order valence-corrected chi connectivity index (χ1v) is 13.0. The summed E-state index contributed by atoms with van der Waals surface area (Å²) in [4.78, 5) is 20.8. The zero-order valence-electron chi connectivity index (χ0n) is 19.8. The fraction of sp³-hybridized carbons (Fsp3) is 0.522. The number of carbonyl (C=O) groups is 1. The number of esters is 1. The van der Waals surface area contributed by atoms with Crippen LogP contribution in [0.2, 0.25) is 0 Å². The van der Waals surface area contributed by atoms with E-state index >= 15 is 0 Å². The second-order valence-electron chi connectivity index (χ2n) is 7.98. The molecule has 2 rings (SSSR count). The largest absolute Gasteiger partial charge is 0.496 e. The van der Waals surface area contributed by atoms with Gasteiger partial charge in [0, 0.05) is 30.5 Å². The quantitative estimate of drug-likeness (QED) is 0.329. The number of aryl methyl sites for hydroxylation is 1. The molecule has 0 saturated heterocycles. The van der Waals surface area contributed by atoms with Gasteiger partial charge in [0.15, 0.2) is 0 Å². The molecule has 0 aliphatic rings. The number of hydrogen-bond donors (Lipinski definition) is 2. The maximum Gasteiger partial charge on any atom is 0.310 e. The Morgan fingerprint density at radius 3 is 2.64 bits per heavy atom. The molecule has 1 aromatic heterocycles. The van der Waals surface area contributed by atoms with E-state index in [9.17, 15) is 13.2 Å². The van der Waals surface area contributed by atoms with E-state index < -0.39 is 15.8 Å². The minimum atomic E-state index is -3.06. The van der Waals surface area contributed by atoms with Crippen LogP contribution in [0.1, 0.15) is 48.6 Å². The van der Waals surface area contributed by atoms with E-state index in [2.05, 4.69) is 22.2 Å². The minimum Gasteiger partial charge on any atom is -0.496 e. The third-order valence-electron chi connectivity index (χ3n) is 5.04. The SMILES string of the molecule is CCCCNc1nc(N)nc(C)c1Cc1ccc(CC(=O)OCCCS(C)(=O)=O)cc1OC. The van der Waals surface area contributed by atoms with Crippen molar-refractivity contribution in [2.24, 2.45) is 0 Å². The third kappa shape index (κ3) is 8.88. The van der Waals surface area contributed by atoms with Crippen LogP contribution >= 0.6 is 0 Å². The zero-order valence-corrected chi connectivity index (χ0v) is 20.6. The van der Waals surface area contributed by atoms with Crippen LogP contribution in [0.5, 0.6) is 5.75 Å². The summed E-state index contributed by atoms with van der Waals surface area (Å²) in [5.74, 6) is 1.17. The van der Waals surface area contributed by atoms with Crippen molar-refractivity contribution in [3.05, 3.63) is 40.6 Å². The molecule has 0 radical (unpaired) electrons. The van der Waals surface area contributed by atoms with Crippen LogP contribution in [0.15, 0.2) is 18.2 Å². The first-order chi connectivity index (χ1) is 15.6. The van der Waals surface area contributed by atoms with E-state index in [-0.39, 0.29) is 31.1 Å². The van der Waals surface area contributed by atoms with Crippen LogP contribution in [0.3, 0.4) is 0 Å². The summed E-state index contributed by atoms with van der Waals surface area (Å²) in [6, 6.07) is 5.58. The van der Waals surface area contributed by atoms with E-state index in [1.165, 1.54) is 0 Å². The number of nitrogens with one attached hydrogen (secondary N) is 1. The fourth-order valence-electron chi connectivity index (χ4n) is 3.32. The lowest BCUT2D eigenvalue weighted by molar-refractivity contribution is -0.142. The molecule has 0 unspecified atom stereocenters. The number of aromatic nitrogens is 2. The van der Waals surface area contributed by atoms with Gasteiger partial charge in [0.2, 0.25) is 5.95 Å². The van der Waals surface area contributed by atoms with Gasteiger partial charge in [-0.3, -0.25) is 4.79 Å².